The van der Waals surface area contributed by atoms with E-state index in [1.165, 1.54) is 0 Å². The second-order valence-electron chi connectivity index (χ2n) is 8.96. The van der Waals surface area contributed by atoms with E-state index in [1.54, 1.807) is 25.2 Å². The number of carbonyl (C=O) groups excluding carboxylic acids is 4. The van der Waals surface area contributed by atoms with Crippen LogP contribution in [0, 0.1) is 5.41 Å². The normalized spacial score (nSPS) is 22.3. The Bertz CT molecular complexity index is 1060. The van der Waals surface area contributed by atoms with Crippen molar-refractivity contribution in [3.05, 3.63) is 29.3 Å². The fourth-order valence-corrected chi connectivity index (χ4v) is 5.54. The Kier molecular flexibility index (Phi) is 6.38. The zero-order valence-corrected chi connectivity index (χ0v) is 19.6. The van der Waals surface area contributed by atoms with Crippen LogP contribution in [0.3, 0.4) is 0 Å². The van der Waals surface area contributed by atoms with Gasteiger partial charge >= 0.3 is 12.0 Å². The Hall–Kier alpha value is -3.01. The monoisotopic (exact) mass is 472 g/mol. The number of benzene rings is 1. The van der Waals surface area contributed by atoms with Gasteiger partial charge in [0.2, 0.25) is 0 Å². The molecule has 2 N–H and O–H groups in total. The fraction of sp³-hybridized carbons (Fsp3) is 0.522. The molecule has 1 atom stereocenters. The molecule has 1 aliphatic carbocycles. The number of hydrogen-bond acceptors (Lipinski definition) is 7. The molecule has 2 aliphatic rings. The Balaban J connectivity index is 1.41. The SMILES string of the molecule is CCC1(C)NC(=O)N(NC(=O)COC(=O)C2(Cc3nc4ccccc4s3)CCCCC2)C1=O. The number of ether oxygens (including phenoxy) is 1. The van der Waals surface area contributed by atoms with Gasteiger partial charge in [0.15, 0.2) is 6.61 Å². The van der Waals surface area contributed by atoms with Gasteiger partial charge in [-0.3, -0.25) is 19.8 Å². The standard InChI is InChI=1S/C23H28N4O5S/c1-3-22(2)19(29)27(21(31)25-22)26-17(28)14-32-20(30)23(11-7-4-8-12-23)13-18-24-15-9-5-6-10-16(15)33-18/h5-6,9-10H,3-4,7-8,11-14H2,1-2H3,(H,25,31)(H,26,28). The molecule has 33 heavy (non-hydrogen) atoms. The molecule has 0 spiro atoms. The first kappa shape index (κ1) is 23.2. The number of thiazole rings is 1. The molecule has 4 amide bonds. The summed E-state index contributed by atoms with van der Waals surface area (Å²) in [4.78, 5) is 54.7. The topological polar surface area (TPSA) is 118 Å². The van der Waals surface area contributed by atoms with Crippen molar-refractivity contribution in [1.82, 2.24) is 20.7 Å². The number of hydrogen-bond donors (Lipinski definition) is 2. The summed E-state index contributed by atoms with van der Waals surface area (Å²) >= 11 is 1.57. The van der Waals surface area contributed by atoms with Crippen LogP contribution in [-0.4, -0.2) is 46.0 Å². The molecule has 2 heterocycles. The van der Waals surface area contributed by atoms with E-state index in [1.807, 2.05) is 24.3 Å². The van der Waals surface area contributed by atoms with E-state index < -0.39 is 41.4 Å². The highest BCUT2D eigenvalue weighted by Gasteiger charge is 2.48. The minimum atomic E-state index is -1.07. The predicted molar refractivity (Wildman–Crippen MR) is 122 cm³/mol. The minimum Gasteiger partial charge on any atom is -0.455 e. The summed E-state index contributed by atoms with van der Waals surface area (Å²) in [5, 5.41) is 4.08. The Morgan fingerprint density at radius 3 is 2.61 bits per heavy atom. The molecule has 1 aromatic carbocycles. The largest absolute Gasteiger partial charge is 0.455 e. The summed E-state index contributed by atoms with van der Waals surface area (Å²) in [6.45, 7) is 2.79. The maximum absolute atomic E-state index is 13.2. The zero-order valence-electron chi connectivity index (χ0n) is 18.8. The van der Waals surface area contributed by atoms with Crippen molar-refractivity contribution < 1.29 is 23.9 Å². The number of nitrogens with zero attached hydrogens (tertiary/aromatic N) is 2. The number of fused-ring (bicyclic) bond motifs is 1. The molecule has 1 saturated carbocycles. The van der Waals surface area contributed by atoms with Crippen molar-refractivity contribution in [2.24, 2.45) is 5.41 Å². The molecule has 9 nitrogen and oxygen atoms in total. The molecule has 1 aromatic heterocycles. The number of nitrogens with one attached hydrogen (secondary N) is 2. The van der Waals surface area contributed by atoms with Gasteiger partial charge in [0.1, 0.15) is 5.54 Å². The van der Waals surface area contributed by atoms with E-state index in [0.29, 0.717) is 30.7 Å². The van der Waals surface area contributed by atoms with Gasteiger partial charge < -0.3 is 10.1 Å². The summed E-state index contributed by atoms with van der Waals surface area (Å²) < 4.78 is 6.48. The van der Waals surface area contributed by atoms with Crippen molar-refractivity contribution in [3.8, 4) is 0 Å². The summed E-state index contributed by atoms with van der Waals surface area (Å²) in [6.07, 6.45) is 5.06. The van der Waals surface area contributed by atoms with Gasteiger partial charge in [-0.1, -0.05) is 38.3 Å². The van der Waals surface area contributed by atoms with Gasteiger partial charge in [0, 0.05) is 6.42 Å². The first-order valence-electron chi connectivity index (χ1n) is 11.2. The summed E-state index contributed by atoms with van der Waals surface area (Å²) in [5.74, 6) is -1.72. The molecule has 1 aliphatic heterocycles. The third-order valence-electron chi connectivity index (χ3n) is 6.61. The molecule has 0 bridgehead atoms. The average molecular weight is 473 g/mol. The number of rotatable bonds is 7. The summed E-state index contributed by atoms with van der Waals surface area (Å²) in [5.41, 5.74) is 1.36. The number of hydrazine groups is 1. The van der Waals surface area contributed by atoms with E-state index in [9.17, 15) is 19.2 Å². The van der Waals surface area contributed by atoms with Gasteiger partial charge in [0.05, 0.1) is 20.6 Å². The molecular weight excluding hydrogens is 444 g/mol. The van der Waals surface area contributed by atoms with E-state index >= 15 is 0 Å². The predicted octanol–water partition coefficient (Wildman–Crippen LogP) is 3.08. The molecule has 1 unspecified atom stereocenters. The number of urea groups is 1. The third kappa shape index (κ3) is 4.57. The van der Waals surface area contributed by atoms with E-state index in [2.05, 4.69) is 15.7 Å². The maximum Gasteiger partial charge on any atom is 0.344 e. The van der Waals surface area contributed by atoms with Crippen LogP contribution in [0.15, 0.2) is 24.3 Å². The minimum absolute atomic E-state index is 0.382. The van der Waals surface area contributed by atoms with Crippen LogP contribution in [0.5, 0.6) is 0 Å². The summed E-state index contributed by atoms with van der Waals surface area (Å²) in [7, 11) is 0. The lowest BCUT2D eigenvalue weighted by atomic mass is 9.72. The number of para-hydroxylation sites is 1. The zero-order chi connectivity index (χ0) is 23.6. The van der Waals surface area contributed by atoms with E-state index in [0.717, 1.165) is 34.5 Å². The first-order chi connectivity index (χ1) is 15.8. The van der Waals surface area contributed by atoms with Crippen LogP contribution in [0.1, 0.15) is 57.4 Å². The molecule has 176 valence electrons. The van der Waals surface area contributed by atoms with Gasteiger partial charge in [0.25, 0.3) is 11.8 Å². The maximum atomic E-state index is 13.2. The fourth-order valence-electron chi connectivity index (χ4n) is 4.43. The Morgan fingerprint density at radius 1 is 1.21 bits per heavy atom. The van der Waals surface area contributed by atoms with Crippen molar-refractivity contribution in [2.45, 2.75) is 64.3 Å². The first-order valence-corrected chi connectivity index (χ1v) is 12.1. The van der Waals surface area contributed by atoms with Crippen LogP contribution in [0.25, 0.3) is 10.2 Å². The van der Waals surface area contributed by atoms with Gasteiger partial charge in [-0.15, -0.1) is 11.3 Å². The van der Waals surface area contributed by atoms with Gasteiger partial charge in [-0.2, -0.15) is 5.01 Å². The van der Waals surface area contributed by atoms with Crippen LogP contribution < -0.4 is 10.7 Å². The lowest BCUT2D eigenvalue weighted by Crippen LogP contribution is -2.50. The Morgan fingerprint density at radius 2 is 1.94 bits per heavy atom. The highest BCUT2D eigenvalue weighted by Crippen LogP contribution is 2.41. The number of esters is 1. The molecule has 1 saturated heterocycles. The van der Waals surface area contributed by atoms with Crippen LogP contribution >= 0.6 is 11.3 Å². The number of aromatic nitrogens is 1. The van der Waals surface area contributed by atoms with Crippen LogP contribution in [0.2, 0.25) is 0 Å². The van der Waals surface area contributed by atoms with Crippen LogP contribution in [-0.2, 0) is 25.5 Å². The van der Waals surface area contributed by atoms with E-state index in [4.69, 9.17) is 4.74 Å². The molecular formula is C23H28N4O5S. The highest BCUT2D eigenvalue weighted by molar-refractivity contribution is 7.18. The van der Waals surface area contributed by atoms with Crippen molar-refractivity contribution in [3.63, 3.8) is 0 Å². The quantitative estimate of drug-likeness (QED) is 0.472. The lowest BCUT2D eigenvalue weighted by molar-refractivity contribution is -0.162. The number of amides is 4. The van der Waals surface area contributed by atoms with Crippen molar-refractivity contribution in [1.29, 1.82) is 0 Å². The van der Waals surface area contributed by atoms with Gasteiger partial charge in [-0.25, -0.2) is 9.78 Å². The number of imide groups is 1. The van der Waals surface area contributed by atoms with E-state index in [-0.39, 0.29) is 0 Å². The lowest BCUT2D eigenvalue weighted by Gasteiger charge is -2.34. The summed E-state index contributed by atoms with van der Waals surface area (Å²) in [6, 6.07) is 7.14. The molecule has 2 aromatic rings. The second kappa shape index (κ2) is 9.09. The van der Waals surface area contributed by atoms with Gasteiger partial charge in [-0.05, 0) is 38.3 Å². The number of carbonyl (C=O) groups is 4. The highest BCUT2D eigenvalue weighted by atomic mass is 32.1. The molecule has 0 radical (unpaired) electrons. The Labute approximate surface area is 195 Å². The van der Waals surface area contributed by atoms with Crippen molar-refractivity contribution >= 4 is 45.4 Å². The smallest absolute Gasteiger partial charge is 0.344 e. The molecule has 10 heteroatoms. The third-order valence-corrected chi connectivity index (χ3v) is 7.65. The average Bonchev–Trinajstić information content (AvgIpc) is 3.31. The van der Waals surface area contributed by atoms with Crippen LogP contribution in [0.4, 0.5) is 4.79 Å². The molecule has 2 fully saturated rings. The second-order valence-corrected chi connectivity index (χ2v) is 10.1. The molecule has 4 rings (SSSR count). The van der Waals surface area contributed by atoms with Crippen molar-refractivity contribution in [2.75, 3.05) is 6.61 Å².